The molecule has 1 aromatic rings. The summed E-state index contributed by atoms with van der Waals surface area (Å²) in [6, 6.07) is 1.68. The molecule has 1 aromatic heterocycles. The quantitative estimate of drug-likeness (QED) is 0.828. The van der Waals surface area contributed by atoms with Gasteiger partial charge in [0.15, 0.2) is 5.83 Å². The van der Waals surface area contributed by atoms with Gasteiger partial charge >= 0.3 is 0 Å². The second-order valence-corrected chi connectivity index (χ2v) is 4.67. The van der Waals surface area contributed by atoms with E-state index in [0.29, 0.717) is 5.69 Å². The second kappa shape index (κ2) is 5.33. The minimum absolute atomic E-state index is 0.138. The number of carbonyl (C=O) groups excluding carboxylic acids is 1. The van der Waals surface area contributed by atoms with E-state index in [0.717, 1.165) is 5.56 Å². The fraction of sp³-hybridized carbons (Fsp3) is 0.267. The van der Waals surface area contributed by atoms with Gasteiger partial charge in [0.1, 0.15) is 17.2 Å². The van der Waals surface area contributed by atoms with Gasteiger partial charge in [-0.2, -0.15) is 0 Å². The first kappa shape index (κ1) is 14.1. The summed E-state index contributed by atoms with van der Waals surface area (Å²) >= 11 is 0. The number of nitrogens with one attached hydrogen (secondary N) is 1. The number of aryl methyl sites for hydroxylation is 2. The largest absolute Gasteiger partial charge is 0.346 e. The molecule has 5 heteroatoms. The molecule has 20 heavy (non-hydrogen) atoms. The van der Waals surface area contributed by atoms with E-state index in [1.54, 1.807) is 23.9 Å². The molecule has 1 amide bonds. The molecule has 0 aliphatic heterocycles. The van der Waals surface area contributed by atoms with Crippen LogP contribution in [-0.2, 0) is 7.05 Å². The molecule has 1 N–H and O–H groups in total. The van der Waals surface area contributed by atoms with Gasteiger partial charge in [-0.3, -0.25) is 4.79 Å². The highest BCUT2D eigenvalue weighted by molar-refractivity contribution is 5.94. The minimum Gasteiger partial charge on any atom is -0.346 e. The van der Waals surface area contributed by atoms with Crippen LogP contribution in [0.15, 0.2) is 35.2 Å². The fourth-order valence-corrected chi connectivity index (χ4v) is 1.92. The molecule has 1 aliphatic rings. The number of allylic oxidation sites excluding steroid dienone is 4. The summed E-state index contributed by atoms with van der Waals surface area (Å²) in [5.74, 6) is 3.01. The van der Waals surface area contributed by atoms with E-state index >= 15 is 0 Å². The minimum atomic E-state index is -0.827. The maximum atomic E-state index is 14.0. The normalized spacial score (nSPS) is 14.8. The Morgan fingerprint density at radius 3 is 2.70 bits per heavy atom. The smallest absolute Gasteiger partial charge is 0.272 e. The van der Waals surface area contributed by atoms with Crippen molar-refractivity contribution in [3.63, 3.8) is 0 Å². The number of aromatic nitrogens is 1. The van der Waals surface area contributed by atoms with Gasteiger partial charge < -0.3 is 9.88 Å². The first-order valence-electron chi connectivity index (χ1n) is 6.08. The molecular weight excluding hydrogens is 262 g/mol. The van der Waals surface area contributed by atoms with Gasteiger partial charge in [0.25, 0.3) is 5.91 Å². The van der Waals surface area contributed by atoms with Gasteiger partial charge in [0, 0.05) is 18.8 Å². The lowest BCUT2D eigenvalue weighted by Gasteiger charge is -2.07. The van der Waals surface area contributed by atoms with Crippen molar-refractivity contribution < 1.29 is 13.6 Å². The van der Waals surface area contributed by atoms with Gasteiger partial charge in [-0.15, -0.1) is 0 Å². The molecule has 0 radical (unpaired) electrons. The first-order chi connectivity index (χ1) is 9.40. The number of nitrogens with zero attached hydrogens (tertiary/aromatic N) is 1. The molecule has 0 unspecified atom stereocenters. The van der Waals surface area contributed by atoms with E-state index in [2.05, 4.69) is 17.2 Å². The van der Waals surface area contributed by atoms with Crippen LogP contribution in [0.2, 0.25) is 0 Å². The number of carbonyl (C=O) groups is 1. The summed E-state index contributed by atoms with van der Waals surface area (Å²) in [5, 5.41) is 2.40. The summed E-state index contributed by atoms with van der Waals surface area (Å²) in [6.45, 7) is 3.17. The van der Waals surface area contributed by atoms with E-state index in [1.807, 2.05) is 6.92 Å². The lowest BCUT2D eigenvalue weighted by Crippen LogP contribution is -2.25. The lowest BCUT2D eigenvalue weighted by atomic mass is 10.2. The molecular formula is C15H14F2N2O. The van der Waals surface area contributed by atoms with Crippen molar-refractivity contribution in [2.75, 3.05) is 0 Å². The van der Waals surface area contributed by atoms with Gasteiger partial charge in [-0.25, -0.2) is 8.78 Å². The van der Waals surface area contributed by atoms with Crippen molar-refractivity contribution in [3.05, 3.63) is 46.4 Å². The van der Waals surface area contributed by atoms with E-state index in [9.17, 15) is 13.6 Å². The Labute approximate surface area is 116 Å². The monoisotopic (exact) mass is 276 g/mol. The van der Waals surface area contributed by atoms with Crippen LogP contribution in [0.3, 0.4) is 0 Å². The van der Waals surface area contributed by atoms with Crippen molar-refractivity contribution in [1.29, 1.82) is 0 Å². The van der Waals surface area contributed by atoms with Crippen LogP contribution in [0.4, 0.5) is 8.78 Å². The highest BCUT2D eigenvalue weighted by atomic mass is 19.1. The van der Waals surface area contributed by atoms with Crippen molar-refractivity contribution in [2.45, 2.75) is 20.3 Å². The molecule has 2 rings (SSSR count). The SMILES string of the molecule is CC1=C(F)CC#CC(NC(=O)c2cc(C)cn2C)=C1F. The summed E-state index contributed by atoms with van der Waals surface area (Å²) in [4.78, 5) is 12.1. The molecule has 0 spiro atoms. The van der Waals surface area contributed by atoms with Crippen LogP contribution in [-0.4, -0.2) is 10.5 Å². The number of hydrogen-bond acceptors (Lipinski definition) is 1. The number of amides is 1. The van der Waals surface area contributed by atoms with Gasteiger partial charge in [0.05, 0.1) is 6.42 Å². The van der Waals surface area contributed by atoms with Crippen LogP contribution in [0.5, 0.6) is 0 Å². The summed E-state index contributed by atoms with van der Waals surface area (Å²) in [6.07, 6.45) is 1.63. The Hall–Kier alpha value is -2.35. The van der Waals surface area contributed by atoms with Crippen LogP contribution in [0.25, 0.3) is 0 Å². The number of rotatable bonds is 2. The van der Waals surface area contributed by atoms with E-state index in [1.165, 1.54) is 6.92 Å². The number of halogens is 2. The number of hydrogen-bond donors (Lipinski definition) is 1. The Kier molecular flexibility index (Phi) is 3.75. The maximum Gasteiger partial charge on any atom is 0.272 e. The molecule has 104 valence electrons. The Bertz CT molecular complexity index is 699. The van der Waals surface area contributed by atoms with Crippen LogP contribution < -0.4 is 5.32 Å². The second-order valence-electron chi connectivity index (χ2n) is 4.67. The zero-order chi connectivity index (χ0) is 14.9. The molecule has 0 saturated heterocycles. The molecule has 0 bridgehead atoms. The fourth-order valence-electron chi connectivity index (χ4n) is 1.92. The molecule has 0 atom stereocenters. The van der Waals surface area contributed by atoms with Gasteiger partial charge in [0.2, 0.25) is 0 Å². The molecule has 3 nitrogen and oxygen atoms in total. The predicted octanol–water partition coefficient (Wildman–Crippen LogP) is 2.90. The van der Waals surface area contributed by atoms with E-state index in [4.69, 9.17) is 0 Å². The highest BCUT2D eigenvalue weighted by Crippen LogP contribution is 2.23. The van der Waals surface area contributed by atoms with Crippen LogP contribution in [0, 0.1) is 18.8 Å². The van der Waals surface area contributed by atoms with E-state index < -0.39 is 17.6 Å². The summed E-state index contributed by atoms with van der Waals surface area (Å²) in [5.41, 5.74) is 0.969. The van der Waals surface area contributed by atoms with Crippen molar-refractivity contribution in [1.82, 2.24) is 9.88 Å². The van der Waals surface area contributed by atoms with Gasteiger partial charge in [-0.05, 0) is 31.4 Å². The zero-order valence-electron chi connectivity index (χ0n) is 11.5. The lowest BCUT2D eigenvalue weighted by molar-refractivity contribution is 0.0958. The van der Waals surface area contributed by atoms with Crippen molar-refractivity contribution in [3.8, 4) is 11.8 Å². The third-order valence-electron chi connectivity index (χ3n) is 3.03. The van der Waals surface area contributed by atoms with Crippen molar-refractivity contribution in [2.24, 2.45) is 7.05 Å². The molecule has 0 saturated carbocycles. The van der Waals surface area contributed by atoms with Crippen LogP contribution in [0.1, 0.15) is 29.4 Å². The van der Waals surface area contributed by atoms with Gasteiger partial charge in [-0.1, -0.05) is 5.92 Å². The third-order valence-corrected chi connectivity index (χ3v) is 3.03. The maximum absolute atomic E-state index is 14.0. The molecule has 1 aliphatic carbocycles. The van der Waals surface area contributed by atoms with Crippen molar-refractivity contribution >= 4 is 5.91 Å². The van der Waals surface area contributed by atoms with E-state index in [-0.39, 0.29) is 17.7 Å². The summed E-state index contributed by atoms with van der Waals surface area (Å²) < 4.78 is 29.0. The average Bonchev–Trinajstić information content (AvgIpc) is 2.69. The molecule has 1 heterocycles. The van der Waals surface area contributed by atoms with Crippen LogP contribution >= 0.6 is 0 Å². The summed E-state index contributed by atoms with van der Waals surface area (Å²) in [7, 11) is 1.72. The first-order valence-corrected chi connectivity index (χ1v) is 6.08. The standard InChI is InChI=1S/C15H14F2N2O/c1-9-7-13(19(3)8-9)15(20)18-12-6-4-5-11(16)10(2)14(12)17/h7-8H,5H2,1-3H3,(H,18,20). The predicted molar refractivity (Wildman–Crippen MR) is 72.0 cm³/mol. The average molecular weight is 276 g/mol. The molecule has 0 fully saturated rings. The topological polar surface area (TPSA) is 34.0 Å². The zero-order valence-corrected chi connectivity index (χ0v) is 11.5. The Balaban J connectivity index is 2.31. The third kappa shape index (κ3) is 2.64. The molecule has 0 aromatic carbocycles. The Morgan fingerprint density at radius 1 is 1.40 bits per heavy atom. The highest BCUT2D eigenvalue weighted by Gasteiger charge is 2.18. The Morgan fingerprint density at radius 2 is 2.10 bits per heavy atom.